The van der Waals surface area contributed by atoms with Crippen molar-refractivity contribution in [2.75, 3.05) is 5.32 Å². The molecule has 0 bridgehead atoms. The third kappa shape index (κ3) is 4.03. The number of carbonyl (C=O) groups excluding carboxylic acids is 1. The molecule has 1 amide bonds. The number of aromatic amines is 1. The van der Waals surface area contributed by atoms with Gasteiger partial charge in [-0.05, 0) is 45.4 Å². The molecule has 0 aliphatic heterocycles. The van der Waals surface area contributed by atoms with E-state index >= 15 is 0 Å². The monoisotopic (exact) mass is 362 g/mol. The summed E-state index contributed by atoms with van der Waals surface area (Å²) < 4.78 is 0. The first kappa shape index (κ1) is 18.7. The van der Waals surface area contributed by atoms with Crippen LogP contribution in [0.15, 0.2) is 54.6 Å². The molecule has 5 nitrogen and oxygen atoms in total. The number of benzene rings is 2. The Balaban J connectivity index is 1.87. The van der Waals surface area contributed by atoms with Gasteiger partial charge in [-0.25, -0.2) is 0 Å². The number of anilines is 1. The predicted molar refractivity (Wildman–Crippen MR) is 109 cm³/mol. The van der Waals surface area contributed by atoms with Crippen LogP contribution in [0.2, 0.25) is 0 Å². The third-order valence-corrected chi connectivity index (χ3v) is 4.96. The summed E-state index contributed by atoms with van der Waals surface area (Å²) in [7, 11) is 0. The van der Waals surface area contributed by atoms with Gasteiger partial charge in [0, 0.05) is 23.5 Å². The SMILES string of the molecule is Cc1ccc(NC(C)(C(=O)NCc2c(C)n[nH]c2C)c2ccccc2)cc1. The minimum absolute atomic E-state index is 0.0886. The van der Waals surface area contributed by atoms with E-state index in [-0.39, 0.29) is 5.91 Å². The highest BCUT2D eigenvalue weighted by Crippen LogP contribution is 2.27. The summed E-state index contributed by atoms with van der Waals surface area (Å²) in [6.45, 7) is 8.29. The summed E-state index contributed by atoms with van der Waals surface area (Å²) in [5, 5.41) is 13.7. The van der Waals surface area contributed by atoms with Crippen LogP contribution in [0.1, 0.15) is 35.0 Å². The summed E-state index contributed by atoms with van der Waals surface area (Å²) in [5.41, 5.74) is 4.98. The standard InChI is InChI=1S/C22H26N4O/c1-15-10-12-19(13-11-15)24-22(4,18-8-6-5-7-9-18)21(27)23-14-20-16(2)25-26-17(20)3/h5-13,24H,14H2,1-4H3,(H,23,27)(H,25,26). The van der Waals surface area contributed by atoms with Crippen LogP contribution in [-0.4, -0.2) is 16.1 Å². The van der Waals surface area contributed by atoms with E-state index in [1.54, 1.807) is 0 Å². The fourth-order valence-electron chi connectivity index (χ4n) is 3.14. The van der Waals surface area contributed by atoms with Gasteiger partial charge in [0.15, 0.2) is 0 Å². The second-order valence-corrected chi connectivity index (χ2v) is 7.08. The lowest BCUT2D eigenvalue weighted by Crippen LogP contribution is -2.47. The molecular weight excluding hydrogens is 336 g/mol. The summed E-state index contributed by atoms with van der Waals surface area (Å²) in [6.07, 6.45) is 0. The number of aromatic nitrogens is 2. The van der Waals surface area contributed by atoms with Gasteiger partial charge in [-0.1, -0.05) is 48.0 Å². The summed E-state index contributed by atoms with van der Waals surface area (Å²) in [5.74, 6) is -0.0886. The molecule has 2 aromatic carbocycles. The Morgan fingerprint density at radius 3 is 2.30 bits per heavy atom. The predicted octanol–water partition coefficient (Wildman–Crippen LogP) is 3.98. The molecule has 0 fully saturated rings. The van der Waals surface area contributed by atoms with Crippen molar-refractivity contribution in [2.24, 2.45) is 0 Å². The second-order valence-electron chi connectivity index (χ2n) is 7.08. The summed E-state index contributed by atoms with van der Waals surface area (Å²) in [6, 6.07) is 17.8. The topological polar surface area (TPSA) is 69.8 Å². The molecular formula is C22H26N4O. The van der Waals surface area contributed by atoms with Crippen LogP contribution in [0.25, 0.3) is 0 Å². The normalized spacial score (nSPS) is 13.0. The van der Waals surface area contributed by atoms with Crippen LogP contribution >= 0.6 is 0 Å². The van der Waals surface area contributed by atoms with E-state index in [1.165, 1.54) is 5.56 Å². The lowest BCUT2D eigenvalue weighted by Gasteiger charge is -2.31. The van der Waals surface area contributed by atoms with E-state index < -0.39 is 5.54 Å². The summed E-state index contributed by atoms with van der Waals surface area (Å²) in [4.78, 5) is 13.3. The Bertz CT molecular complexity index is 896. The van der Waals surface area contributed by atoms with Crippen molar-refractivity contribution in [3.8, 4) is 0 Å². The second kappa shape index (κ2) is 7.66. The van der Waals surface area contributed by atoms with Crippen molar-refractivity contribution in [3.05, 3.63) is 82.7 Å². The molecule has 0 spiro atoms. The Morgan fingerprint density at radius 2 is 1.70 bits per heavy atom. The Morgan fingerprint density at radius 1 is 1.04 bits per heavy atom. The molecule has 27 heavy (non-hydrogen) atoms. The van der Waals surface area contributed by atoms with Gasteiger partial charge in [0.2, 0.25) is 5.91 Å². The number of nitrogens with one attached hydrogen (secondary N) is 3. The van der Waals surface area contributed by atoms with Gasteiger partial charge in [0.1, 0.15) is 5.54 Å². The van der Waals surface area contributed by atoms with Crippen LogP contribution < -0.4 is 10.6 Å². The molecule has 1 atom stereocenters. The van der Waals surface area contributed by atoms with Crippen molar-refractivity contribution < 1.29 is 4.79 Å². The van der Waals surface area contributed by atoms with Crippen LogP contribution in [0.4, 0.5) is 5.69 Å². The highest BCUT2D eigenvalue weighted by atomic mass is 16.2. The molecule has 0 aliphatic carbocycles. The zero-order chi connectivity index (χ0) is 19.4. The quantitative estimate of drug-likeness (QED) is 0.621. The molecule has 1 heterocycles. The van der Waals surface area contributed by atoms with Gasteiger partial charge >= 0.3 is 0 Å². The molecule has 1 unspecified atom stereocenters. The maximum absolute atomic E-state index is 13.3. The van der Waals surface area contributed by atoms with Crippen LogP contribution in [0.5, 0.6) is 0 Å². The largest absolute Gasteiger partial charge is 0.368 e. The number of hydrogen-bond donors (Lipinski definition) is 3. The van der Waals surface area contributed by atoms with Crippen LogP contribution in [0.3, 0.4) is 0 Å². The number of hydrogen-bond acceptors (Lipinski definition) is 3. The molecule has 140 valence electrons. The van der Waals surface area contributed by atoms with Crippen molar-refractivity contribution in [1.82, 2.24) is 15.5 Å². The number of amides is 1. The Labute approximate surface area is 160 Å². The highest BCUT2D eigenvalue weighted by molar-refractivity contribution is 5.90. The molecule has 3 N–H and O–H groups in total. The molecule has 0 saturated heterocycles. The van der Waals surface area contributed by atoms with Crippen LogP contribution in [0, 0.1) is 20.8 Å². The van der Waals surface area contributed by atoms with E-state index in [4.69, 9.17) is 0 Å². The number of aryl methyl sites for hydroxylation is 3. The Hall–Kier alpha value is -3.08. The minimum Gasteiger partial charge on any atom is -0.368 e. The van der Waals surface area contributed by atoms with Crippen molar-refractivity contribution in [2.45, 2.75) is 39.8 Å². The third-order valence-electron chi connectivity index (χ3n) is 4.96. The van der Waals surface area contributed by atoms with Crippen molar-refractivity contribution in [1.29, 1.82) is 0 Å². The van der Waals surface area contributed by atoms with E-state index in [2.05, 4.69) is 20.8 Å². The average molecular weight is 362 g/mol. The first-order chi connectivity index (χ1) is 12.9. The van der Waals surface area contributed by atoms with Crippen LogP contribution in [-0.2, 0) is 16.9 Å². The van der Waals surface area contributed by atoms with Gasteiger partial charge in [-0.15, -0.1) is 0 Å². The van der Waals surface area contributed by atoms with E-state index in [1.807, 2.05) is 82.3 Å². The highest BCUT2D eigenvalue weighted by Gasteiger charge is 2.35. The molecule has 0 aliphatic rings. The van der Waals surface area contributed by atoms with Gasteiger partial charge in [-0.3, -0.25) is 9.89 Å². The van der Waals surface area contributed by atoms with Crippen molar-refractivity contribution in [3.63, 3.8) is 0 Å². The number of carbonyl (C=O) groups is 1. The smallest absolute Gasteiger partial charge is 0.250 e. The lowest BCUT2D eigenvalue weighted by atomic mass is 9.90. The van der Waals surface area contributed by atoms with Gasteiger partial charge in [0.05, 0.1) is 5.69 Å². The Kier molecular flexibility index (Phi) is 5.31. The van der Waals surface area contributed by atoms with Gasteiger partial charge < -0.3 is 10.6 Å². The van der Waals surface area contributed by atoms with Gasteiger partial charge in [-0.2, -0.15) is 5.10 Å². The molecule has 3 aromatic rings. The maximum Gasteiger partial charge on any atom is 0.250 e. The number of rotatable bonds is 6. The molecule has 5 heteroatoms. The van der Waals surface area contributed by atoms with E-state index in [0.29, 0.717) is 6.54 Å². The molecule has 1 aromatic heterocycles. The first-order valence-corrected chi connectivity index (χ1v) is 9.09. The molecule has 0 radical (unpaired) electrons. The molecule has 3 rings (SSSR count). The van der Waals surface area contributed by atoms with E-state index in [0.717, 1.165) is 28.2 Å². The number of nitrogens with zero attached hydrogens (tertiary/aromatic N) is 1. The zero-order valence-corrected chi connectivity index (χ0v) is 16.3. The molecule has 0 saturated carbocycles. The fourth-order valence-corrected chi connectivity index (χ4v) is 3.14. The fraction of sp³-hybridized carbons (Fsp3) is 0.273. The lowest BCUT2D eigenvalue weighted by molar-refractivity contribution is -0.125. The van der Waals surface area contributed by atoms with Gasteiger partial charge in [0.25, 0.3) is 0 Å². The minimum atomic E-state index is -0.901. The first-order valence-electron chi connectivity index (χ1n) is 9.09. The number of H-pyrrole nitrogens is 1. The zero-order valence-electron chi connectivity index (χ0n) is 16.3. The summed E-state index contributed by atoms with van der Waals surface area (Å²) >= 11 is 0. The van der Waals surface area contributed by atoms with E-state index in [9.17, 15) is 4.79 Å². The average Bonchev–Trinajstić information content (AvgIpc) is 3.00. The van der Waals surface area contributed by atoms with Crippen molar-refractivity contribution >= 4 is 11.6 Å². The maximum atomic E-state index is 13.3.